The molecule has 0 radical (unpaired) electrons. The van der Waals surface area contributed by atoms with Gasteiger partial charge in [0, 0.05) is 11.1 Å². The molecule has 0 N–H and O–H groups in total. The third kappa shape index (κ3) is 3.62. The molecular formula is C16H19Cl2N3O. The van der Waals surface area contributed by atoms with Crippen molar-refractivity contribution in [3.05, 3.63) is 34.1 Å². The van der Waals surface area contributed by atoms with Gasteiger partial charge in [-0.15, -0.1) is 10.2 Å². The molecule has 0 spiro atoms. The number of nitrogens with zero attached hydrogens (tertiary/aromatic N) is 3. The molecule has 1 aromatic heterocycles. The van der Waals surface area contributed by atoms with Crippen LogP contribution in [0.3, 0.4) is 0 Å². The van der Waals surface area contributed by atoms with Crippen molar-refractivity contribution in [1.29, 1.82) is 0 Å². The predicted molar refractivity (Wildman–Crippen MR) is 88.1 cm³/mol. The lowest BCUT2D eigenvalue weighted by atomic mass is 9.94. The first-order chi connectivity index (χ1) is 10.6. The van der Waals surface area contributed by atoms with Crippen molar-refractivity contribution in [2.24, 2.45) is 0 Å². The largest absolute Gasteiger partial charge is 0.419 e. The molecule has 2 aromatic rings. The highest BCUT2D eigenvalue weighted by Gasteiger charge is 2.20. The second-order valence-corrected chi connectivity index (χ2v) is 6.68. The molecule has 118 valence electrons. The standard InChI is InChI=1S/C16H19Cl2N3O/c1-21(12-5-3-2-4-6-12)10-15-19-20-16(22-15)13-8-7-11(17)9-14(13)18/h7-9,12H,2-6,10H2,1H3. The van der Waals surface area contributed by atoms with Gasteiger partial charge in [-0.25, -0.2) is 0 Å². The van der Waals surface area contributed by atoms with Crippen LogP contribution >= 0.6 is 23.2 Å². The van der Waals surface area contributed by atoms with Crippen LogP contribution in [0.15, 0.2) is 22.6 Å². The number of aromatic nitrogens is 2. The van der Waals surface area contributed by atoms with Gasteiger partial charge in [0.25, 0.3) is 0 Å². The van der Waals surface area contributed by atoms with Gasteiger partial charge in [0.05, 0.1) is 17.1 Å². The van der Waals surface area contributed by atoms with Crippen LogP contribution < -0.4 is 0 Å². The zero-order chi connectivity index (χ0) is 15.5. The summed E-state index contributed by atoms with van der Waals surface area (Å²) in [6.45, 7) is 0.670. The van der Waals surface area contributed by atoms with E-state index in [1.54, 1.807) is 18.2 Å². The van der Waals surface area contributed by atoms with Crippen molar-refractivity contribution in [2.75, 3.05) is 7.05 Å². The van der Waals surface area contributed by atoms with Crippen LogP contribution in [0, 0.1) is 0 Å². The average molecular weight is 340 g/mol. The molecule has 6 heteroatoms. The van der Waals surface area contributed by atoms with E-state index in [4.69, 9.17) is 27.6 Å². The third-order valence-electron chi connectivity index (χ3n) is 4.21. The molecule has 3 rings (SSSR count). The van der Waals surface area contributed by atoms with Gasteiger partial charge in [-0.3, -0.25) is 4.90 Å². The van der Waals surface area contributed by atoms with E-state index in [1.807, 2.05) is 0 Å². The Hall–Kier alpha value is -1.10. The molecule has 0 bridgehead atoms. The lowest BCUT2D eigenvalue weighted by Crippen LogP contribution is -2.32. The Labute approximate surface area is 140 Å². The summed E-state index contributed by atoms with van der Waals surface area (Å²) in [5, 5.41) is 9.35. The third-order valence-corrected chi connectivity index (χ3v) is 4.76. The predicted octanol–water partition coefficient (Wildman–Crippen LogP) is 4.81. The quantitative estimate of drug-likeness (QED) is 0.801. The van der Waals surface area contributed by atoms with Crippen LogP contribution in [0.5, 0.6) is 0 Å². The Morgan fingerprint density at radius 3 is 2.68 bits per heavy atom. The van der Waals surface area contributed by atoms with Crippen LogP contribution in [-0.2, 0) is 6.54 Å². The van der Waals surface area contributed by atoms with Crippen LogP contribution in [-0.4, -0.2) is 28.2 Å². The highest BCUT2D eigenvalue weighted by Crippen LogP contribution is 2.30. The second-order valence-electron chi connectivity index (χ2n) is 5.83. The van der Waals surface area contributed by atoms with E-state index in [0.29, 0.717) is 40.0 Å². The molecule has 0 atom stereocenters. The normalized spacial score (nSPS) is 16.4. The first-order valence-electron chi connectivity index (χ1n) is 7.61. The summed E-state index contributed by atoms with van der Waals surface area (Å²) in [4.78, 5) is 2.31. The summed E-state index contributed by atoms with van der Waals surface area (Å²) in [6, 6.07) is 5.85. The Bertz CT molecular complexity index is 638. The molecule has 0 saturated heterocycles. The Kier molecular flexibility index (Phi) is 5.01. The Balaban J connectivity index is 1.70. The van der Waals surface area contributed by atoms with E-state index >= 15 is 0 Å². The van der Waals surface area contributed by atoms with Gasteiger partial charge in [0.1, 0.15) is 0 Å². The fourth-order valence-electron chi connectivity index (χ4n) is 2.95. The van der Waals surface area contributed by atoms with E-state index < -0.39 is 0 Å². The highest BCUT2D eigenvalue weighted by atomic mass is 35.5. The lowest BCUT2D eigenvalue weighted by molar-refractivity contribution is 0.170. The number of halogens is 2. The molecule has 22 heavy (non-hydrogen) atoms. The first-order valence-corrected chi connectivity index (χ1v) is 8.37. The molecule has 1 fully saturated rings. The minimum absolute atomic E-state index is 0.439. The average Bonchev–Trinajstić information content (AvgIpc) is 2.96. The van der Waals surface area contributed by atoms with Gasteiger partial charge in [-0.05, 0) is 38.1 Å². The SMILES string of the molecule is CN(Cc1nnc(-c2ccc(Cl)cc2Cl)o1)C1CCCCC1. The molecule has 1 saturated carbocycles. The van der Waals surface area contributed by atoms with Crippen molar-refractivity contribution < 1.29 is 4.42 Å². The van der Waals surface area contributed by atoms with Gasteiger partial charge < -0.3 is 4.42 Å². The van der Waals surface area contributed by atoms with E-state index in [2.05, 4.69) is 22.1 Å². The van der Waals surface area contributed by atoms with Gasteiger partial charge in [0.15, 0.2) is 0 Å². The van der Waals surface area contributed by atoms with Crippen molar-refractivity contribution in [3.8, 4) is 11.5 Å². The van der Waals surface area contributed by atoms with E-state index in [-0.39, 0.29) is 0 Å². The monoisotopic (exact) mass is 339 g/mol. The summed E-state index contributed by atoms with van der Waals surface area (Å²) >= 11 is 12.1. The minimum Gasteiger partial charge on any atom is -0.419 e. The van der Waals surface area contributed by atoms with E-state index in [1.165, 1.54) is 32.1 Å². The molecule has 1 aromatic carbocycles. The topological polar surface area (TPSA) is 42.2 Å². The maximum absolute atomic E-state index is 6.18. The Morgan fingerprint density at radius 2 is 1.95 bits per heavy atom. The van der Waals surface area contributed by atoms with Crippen LogP contribution in [0.2, 0.25) is 10.0 Å². The van der Waals surface area contributed by atoms with Crippen molar-refractivity contribution in [2.45, 2.75) is 44.7 Å². The molecule has 1 aliphatic carbocycles. The van der Waals surface area contributed by atoms with E-state index in [9.17, 15) is 0 Å². The number of benzene rings is 1. The summed E-state index contributed by atoms with van der Waals surface area (Å²) in [6.07, 6.45) is 6.47. The van der Waals surface area contributed by atoms with Gasteiger partial charge in [-0.1, -0.05) is 42.5 Å². The lowest BCUT2D eigenvalue weighted by Gasteiger charge is -2.29. The molecule has 0 unspecified atom stereocenters. The number of rotatable bonds is 4. The maximum Gasteiger partial charge on any atom is 0.249 e. The first kappa shape index (κ1) is 15.8. The maximum atomic E-state index is 6.18. The summed E-state index contributed by atoms with van der Waals surface area (Å²) in [5.74, 6) is 1.06. The molecular weight excluding hydrogens is 321 g/mol. The van der Waals surface area contributed by atoms with Gasteiger partial charge >= 0.3 is 0 Å². The summed E-state index contributed by atoms with van der Waals surface area (Å²) in [7, 11) is 2.12. The number of hydrogen-bond donors (Lipinski definition) is 0. The van der Waals surface area contributed by atoms with Crippen molar-refractivity contribution >= 4 is 23.2 Å². The van der Waals surface area contributed by atoms with Crippen LogP contribution in [0.1, 0.15) is 38.0 Å². The fraction of sp³-hybridized carbons (Fsp3) is 0.500. The molecule has 0 aliphatic heterocycles. The summed E-state index contributed by atoms with van der Waals surface area (Å²) < 4.78 is 5.76. The van der Waals surface area contributed by atoms with Gasteiger partial charge in [-0.2, -0.15) is 0 Å². The van der Waals surface area contributed by atoms with Crippen molar-refractivity contribution in [1.82, 2.24) is 15.1 Å². The fourth-order valence-corrected chi connectivity index (χ4v) is 3.44. The molecule has 1 aliphatic rings. The minimum atomic E-state index is 0.439. The van der Waals surface area contributed by atoms with Gasteiger partial charge in [0.2, 0.25) is 11.8 Å². The Morgan fingerprint density at radius 1 is 1.18 bits per heavy atom. The highest BCUT2D eigenvalue weighted by molar-refractivity contribution is 6.36. The molecule has 1 heterocycles. The smallest absolute Gasteiger partial charge is 0.249 e. The summed E-state index contributed by atoms with van der Waals surface area (Å²) in [5.41, 5.74) is 0.713. The zero-order valence-corrected chi connectivity index (χ0v) is 14.1. The van der Waals surface area contributed by atoms with Crippen LogP contribution in [0.4, 0.5) is 0 Å². The van der Waals surface area contributed by atoms with Crippen molar-refractivity contribution in [3.63, 3.8) is 0 Å². The van der Waals surface area contributed by atoms with Crippen LogP contribution in [0.25, 0.3) is 11.5 Å². The zero-order valence-electron chi connectivity index (χ0n) is 12.6. The van der Waals surface area contributed by atoms with E-state index in [0.717, 1.165) is 0 Å². The molecule has 4 nitrogen and oxygen atoms in total. The number of hydrogen-bond acceptors (Lipinski definition) is 4. The second kappa shape index (κ2) is 6.99. The molecule has 0 amide bonds.